The predicted molar refractivity (Wildman–Crippen MR) is 99.3 cm³/mol. The number of aryl methyl sites for hydroxylation is 1. The van der Waals surface area contributed by atoms with Crippen molar-refractivity contribution in [2.45, 2.75) is 38.4 Å². The summed E-state index contributed by atoms with van der Waals surface area (Å²) in [5.74, 6) is 0.507. The molecule has 4 rings (SSSR count). The maximum absolute atomic E-state index is 13.7. The summed E-state index contributed by atoms with van der Waals surface area (Å²) in [7, 11) is 0. The van der Waals surface area contributed by atoms with Gasteiger partial charge in [-0.05, 0) is 31.0 Å². The molecular formula is C20H20F2N4O2. The van der Waals surface area contributed by atoms with Crippen molar-refractivity contribution in [2.75, 3.05) is 5.32 Å². The standard InChI is InChI=1S/C20H20F2N4O2/c1-12-4-6-13(7-5-12)16-9-17(18(21)22)26-19(25-16)15(11-24-26)20(27)23-10-14-3-2-8-28-14/h2-8,11,16-18,25H,9-10H2,1H3,(H,23,27)/t16-,17-/m0/s1. The van der Waals surface area contributed by atoms with Gasteiger partial charge < -0.3 is 15.1 Å². The Morgan fingerprint density at radius 2 is 2.14 bits per heavy atom. The number of hydrogen-bond acceptors (Lipinski definition) is 4. The number of nitrogens with zero attached hydrogens (tertiary/aromatic N) is 2. The second kappa shape index (κ2) is 7.46. The highest BCUT2D eigenvalue weighted by Gasteiger charge is 2.36. The molecule has 0 unspecified atom stereocenters. The van der Waals surface area contributed by atoms with Gasteiger partial charge in [-0.3, -0.25) is 4.79 Å². The zero-order chi connectivity index (χ0) is 19.7. The van der Waals surface area contributed by atoms with Gasteiger partial charge in [0.2, 0.25) is 0 Å². The number of fused-ring (bicyclic) bond motifs is 1. The first kappa shape index (κ1) is 18.2. The van der Waals surface area contributed by atoms with Crippen LogP contribution in [0.5, 0.6) is 0 Å². The van der Waals surface area contributed by atoms with Gasteiger partial charge in [0.25, 0.3) is 12.3 Å². The molecule has 0 aliphatic carbocycles. The van der Waals surface area contributed by atoms with E-state index in [4.69, 9.17) is 4.42 Å². The molecule has 28 heavy (non-hydrogen) atoms. The number of hydrogen-bond donors (Lipinski definition) is 2. The first-order valence-corrected chi connectivity index (χ1v) is 9.02. The molecule has 0 radical (unpaired) electrons. The van der Waals surface area contributed by atoms with E-state index in [-0.39, 0.29) is 24.6 Å². The molecular weight excluding hydrogens is 366 g/mol. The van der Waals surface area contributed by atoms with Crippen LogP contribution in [0.15, 0.2) is 53.3 Å². The third kappa shape index (κ3) is 3.49. The Bertz CT molecular complexity index is 951. The van der Waals surface area contributed by atoms with Crippen molar-refractivity contribution in [3.63, 3.8) is 0 Å². The first-order chi connectivity index (χ1) is 13.5. The summed E-state index contributed by atoms with van der Waals surface area (Å²) in [5, 5.41) is 10.0. The van der Waals surface area contributed by atoms with E-state index in [1.807, 2.05) is 31.2 Å². The number of alkyl halides is 2. The van der Waals surface area contributed by atoms with E-state index in [9.17, 15) is 13.6 Å². The third-order valence-corrected chi connectivity index (χ3v) is 4.92. The molecule has 0 saturated carbocycles. The van der Waals surface area contributed by atoms with Crippen molar-refractivity contribution in [1.29, 1.82) is 0 Å². The predicted octanol–water partition coefficient (Wildman–Crippen LogP) is 4.08. The second-order valence-corrected chi connectivity index (χ2v) is 6.86. The van der Waals surface area contributed by atoms with Crippen molar-refractivity contribution < 1.29 is 18.0 Å². The fourth-order valence-corrected chi connectivity index (χ4v) is 3.39. The van der Waals surface area contributed by atoms with E-state index < -0.39 is 18.4 Å². The minimum Gasteiger partial charge on any atom is -0.467 e. The van der Waals surface area contributed by atoms with E-state index in [1.165, 1.54) is 17.1 Å². The van der Waals surface area contributed by atoms with E-state index >= 15 is 0 Å². The summed E-state index contributed by atoms with van der Waals surface area (Å²) in [6.45, 7) is 2.17. The van der Waals surface area contributed by atoms with Crippen molar-refractivity contribution in [1.82, 2.24) is 15.1 Å². The molecule has 2 N–H and O–H groups in total. The Hall–Kier alpha value is -3.16. The van der Waals surface area contributed by atoms with Gasteiger partial charge in [-0.15, -0.1) is 0 Å². The van der Waals surface area contributed by atoms with Crippen molar-refractivity contribution in [3.05, 3.63) is 71.3 Å². The highest BCUT2D eigenvalue weighted by molar-refractivity contribution is 5.98. The van der Waals surface area contributed by atoms with Crippen LogP contribution in [0.25, 0.3) is 0 Å². The molecule has 8 heteroatoms. The van der Waals surface area contributed by atoms with Crippen LogP contribution in [-0.2, 0) is 6.54 Å². The van der Waals surface area contributed by atoms with E-state index in [1.54, 1.807) is 12.1 Å². The number of aromatic nitrogens is 2. The van der Waals surface area contributed by atoms with Crippen LogP contribution in [-0.4, -0.2) is 22.1 Å². The topological polar surface area (TPSA) is 72.1 Å². The van der Waals surface area contributed by atoms with Crippen LogP contribution in [0.1, 0.15) is 45.7 Å². The SMILES string of the molecule is Cc1ccc([C@@H]2C[C@@H](C(F)F)n3ncc(C(=O)NCc4ccco4)c3N2)cc1. The van der Waals surface area contributed by atoms with Gasteiger partial charge in [0.1, 0.15) is 23.2 Å². The van der Waals surface area contributed by atoms with E-state index in [0.717, 1.165) is 11.1 Å². The van der Waals surface area contributed by atoms with Gasteiger partial charge in [-0.25, -0.2) is 13.5 Å². The number of furan rings is 1. The van der Waals surface area contributed by atoms with E-state index in [2.05, 4.69) is 15.7 Å². The highest BCUT2D eigenvalue weighted by Crippen LogP contribution is 2.39. The first-order valence-electron chi connectivity index (χ1n) is 9.02. The van der Waals surface area contributed by atoms with E-state index in [0.29, 0.717) is 11.6 Å². The van der Waals surface area contributed by atoms with Crippen LogP contribution < -0.4 is 10.6 Å². The fraction of sp³-hybridized carbons (Fsp3) is 0.300. The van der Waals surface area contributed by atoms with Crippen molar-refractivity contribution in [2.24, 2.45) is 0 Å². The Kier molecular flexibility index (Phi) is 4.85. The number of carbonyl (C=O) groups excluding carboxylic acids is 1. The molecule has 146 valence electrons. The summed E-state index contributed by atoms with van der Waals surface area (Å²) in [6, 6.07) is 9.75. The van der Waals surface area contributed by atoms with Gasteiger partial charge in [0.15, 0.2) is 0 Å². The Labute approximate surface area is 160 Å². The molecule has 6 nitrogen and oxygen atoms in total. The lowest BCUT2D eigenvalue weighted by Gasteiger charge is -2.32. The average Bonchev–Trinajstić information content (AvgIpc) is 3.35. The lowest BCUT2D eigenvalue weighted by atomic mass is 9.96. The molecule has 0 spiro atoms. The Balaban J connectivity index is 1.60. The second-order valence-electron chi connectivity index (χ2n) is 6.86. The molecule has 1 aliphatic heterocycles. The zero-order valence-corrected chi connectivity index (χ0v) is 15.2. The highest BCUT2D eigenvalue weighted by atomic mass is 19.3. The number of rotatable bonds is 5. The number of anilines is 1. The molecule has 3 aromatic rings. The van der Waals surface area contributed by atoms with Gasteiger partial charge >= 0.3 is 0 Å². The van der Waals surface area contributed by atoms with Crippen LogP contribution in [0, 0.1) is 6.92 Å². The number of halogens is 2. The number of nitrogens with one attached hydrogen (secondary N) is 2. The van der Waals surface area contributed by atoms with Gasteiger partial charge in [0, 0.05) is 0 Å². The molecule has 1 amide bonds. The van der Waals surface area contributed by atoms with Crippen LogP contribution >= 0.6 is 0 Å². The fourth-order valence-electron chi connectivity index (χ4n) is 3.39. The smallest absolute Gasteiger partial charge is 0.260 e. The minimum atomic E-state index is -2.59. The largest absolute Gasteiger partial charge is 0.467 e. The molecule has 2 aromatic heterocycles. The van der Waals surface area contributed by atoms with Crippen LogP contribution in [0.4, 0.5) is 14.6 Å². The maximum Gasteiger partial charge on any atom is 0.260 e. The minimum absolute atomic E-state index is 0.183. The van der Waals surface area contributed by atoms with Crippen molar-refractivity contribution >= 4 is 11.7 Å². The number of amides is 1. The lowest BCUT2D eigenvalue weighted by molar-refractivity contribution is 0.0656. The Morgan fingerprint density at radius 3 is 2.82 bits per heavy atom. The summed E-state index contributed by atoms with van der Waals surface area (Å²) < 4.78 is 33.8. The third-order valence-electron chi connectivity index (χ3n) is 4.92. The quantitative estimate of drug-likeness (QED) is 0.693. The average molecular weight is 386 g/mol. The van der Waals surface area contributed by atoms with Crippen molar-refractivity contribution in [3.8, 4) is 0 Å². The number of benzene rings is 1. The number of carbonyl (C=O) groups is 1. The maximum atomic E-state index is 13.7. The molecule has 2 atom stereocenters. The summed E-state index contributed by atoms with van der Waals surface area (Å²) in [6.07, 6.45) is 0.438. The molecule has 0 fully saturated rings. The van der Waals surface area contributed by atoms with Gasteiger partial charge in [0.05, 0.1) is 25.0 Å². The molecule has 3 heterocycles. The molecule has 0 bridgehead atoms. The summed E-state index contributed by atoms with van der Waals surface area (Å²) >= 11 is 0. The lowest BCUT2D eigenvalue weighted by Crippen LogP contribution is -2.32. The van der Waals surface area contributed by atoms with Crippen LogP contribution in [0.2, 0.25) is 0 Å². The summed E-state index contributed by atoms with van der Waals surface area (Å²) in [4.78, 5) is 12.6. The summed E-state index contributed by atoms with van der Waals surface area (Å²) in [5.41, 5.74) is 2.22. The molecule has 0 saturated heterocycles. The monoisotopic (exact) mass is 386 g/mol. The van der Waals surface area contributed by atoms with Crippen LogP contribution in [0.3, 0.4) is 0 Å². The Morgan fingerprint density at radius 1 is 1.36 bits per heavy atom. The molecule has 1 aliphatic rings. The zero-order valence-electron chi connectivity index (χ0n) is 15.2. The van der Waals surface area contributed by atoms with Gasteiger partial charge in [-0.2, -0.15) is 5.10 Å². The molecule has 1 aromatic carbocycles. The van der Waals surface area contributed by atoms with Gasteiger partial charge in [-0.1, -0.05) is 29.8 Å². The normalized spacial score (nSPS) is 18.6.